The molecule has 3 aromatic rings. The largest absolute Gasteiger partial charge is 0.489 e. The van der Waals surface area contributed by atoms with E-state index in [1.165, 1.54) is 18.3 Å². The van der Waals surface area contributed by atoms with E-state index in [2.05, 4.69) is 10.6 Å². The molecule has 0 fully saturated rings. The Bertz CT molecular complexity index is 1080. The molecular weight excluding hydrogens is 404 g/mol. The number of hydrogen-bond acceptors (Lipinski definition) is 6. The molecule has 0 aliphatic carbocycles. The third-order valence-corrected chi connectivity index (χ3v) is 5.42. The van der Waals surface area contributed by atoms with Crippen LogP contribution in [0, 0.1) is 0 Å². The van der Waals surface area contributed by atoms with Crippen molar-refractivity contribution >= 4 is 28.8 Å². The van der Waals surface area contributed by atoms with Crippen molar-refractivity contribution in [1.82, 2.24) is 5.32 Å². The van der Waals surface area contributed by atoms with Crippen molar-refractivity contribution in [2.45, 2.75) is 20.1 Å². The van der Waals surface area contributed by atoms with Crippen LogP contribution in [0.25, 0.3) is 0 Å². The molecule has 0 saturated carbocycles. The van der Waals surface area contributed by atoms with Crippen molar-refractivity contribution in [3.05, 3.63) is 69.9 Å². The third-order valence-electron chi connectivity index (χ3n) is 4.33. The lowest BCUT2D eigenvalue weighted by molar-refractivity contribution is -0.119. The van der Waals surface area contributed by atoms with Gasteiger partial charge in [0.15, 0.2) is 11.5 Å². The van der Waals surface area contributed by atoms with Crippen LogP contribution in [0.4, 0.5) is 5.69 Å². The van der Waals surface area contributed by atoms with Gasteiger partial charge in [-0.2, -0.15) is 0 Å². The zero-order valence-electron chi connectivity index (χ0n) is 16.3. The van der Waals surface area contributed by atoms with Gasteiger partial charge in [0, 0.05) is 23.6 Å². The SMILES string of the molecule is CC(=O)NCc1ccc(C(=O)Nc2cccc(COc3ccc4c(c3)OCO4)c2)s1. The molecule has 0 bridgehead atoms. The molecule has 1 aliphatic heterocycles. The fourth-order valence-corrected chi connectivity index (χ4v) is 3.71. The van der Waals surface area contributed by atoms with E-state index in [1.807, 2.05) is 42.5 Å². The van der Waals surface area contributed by atoms with Crippen molar-refractivity contribution in [3.63, 3.8) is 0 Å². The summed E-state index contributed by atoms with van der Waals surface area (Å²) in [6.45, 7) is 2.45. The monoisotopic (exact) mass is 424 g/mol. The minimum Gasteiger partial charge on any atom is -0.489 e. The topological polar surface area (TPSA) is 85.9 Å². The smallest absolute Gasteiger partial charge is 0.265 e. The van der Waals surface area contributed by atoms with Crippen LogP contribution in [-0.4, -0.2) is 18.6 Å². The second-order valence-electron chi connectivity index (χ2n) is 6.63. The molecule has 2 heterocycles. The summed E-state index contributed by atoms with van der Waals surface area (Å²) >= 11 is 1.35. The summed E-state index contributed by atoms with van der Waals surface area (Å²) in [6, 6.07) is 16.5. The first-order chi connectivity index (χ1) is 14.6. The quantitative estimate of drug-likeness (QED) is 0.600. The summed E-state index contributed by atoms with van der Waals surface area (Å²) in [5.74, 6) is 1.76. The Balaban J connectivity index is 1.35. The summed E-state index contributed by atoms with van der Waals surface area (Å²) in [5.41, 5.74) is 1.60. The summed E-state index contributed by atoms with van der Waals surface area (Å²) in [6.07, 6.45) is 0. The Morgan fingerprint density at radius 3 is 2.80 bits per heavy atom. The number of anilines is 1. The highest BCUT2D eigenvalue weighted by molar-refractivity contribution is 7.14. The van der Waals surface area contributed by atoms with Crippen LogP contribution >= 0.6 is 11.3 Å². The number of fused-ring (bicyclic) bond motifs is 1. The van der Waals surface area contributed by atoms with E-state index in [4.69, 9.17) is 14.2 Å². The van der Waals surface area contributed by atoms with E-state index in [9.17, 15) is 9.59 Å². The Hall–Kier alpha value is -3.52. The van der Waals surface area contributed by atoms with Gasteiger partial charge in [0.05, 0.1) is 11.4 Å². The van der Waals surface area contributed by atoms with Crippen LogP contribution in [0.5, 0.6) is 17.2 Å². The first kappa shape index (κ1) is 19.8. The third kappa shape index (κ3) is 4.90. The van der Waals surface area contributed by atoms with E-state index in [-0.39, 0.29) is 18.6 Å². The van der Waals surface area contributed by atoms with Crippen LogP contribution < -0.4 is 24.8 Å². The van der Waals surface area contributed by atoms with Gasteiger partial charge in [0.1, 0.15) is 12.4 Å². The van der Waals surface area contributed by atoms with Crippen LogP contribution in [0.1, 0.15) is 27.0 Å². The van der Waals surface area contributed by atoms with Gasteiger partial charge in [-0.1, -0.05) is 12.1 Å². The maximum Gasteiger partial charge on any atom is 0.265 e. The molecule has 0 atom stereocenters. The van der Waals surface area contributed by atoms with E-state index >= 15 is 0 Å². The molecule has 30 heavy (non-hydrogen) atoms. The zero-order valence-corrected chi connectivity index (χ0v) is 17.1. The van der Waals surface area contributed by atoms with Gasteiger partial charge in [0.25, 0.3) is 5.91 Å². The first-order valence-electron chi connectivity index (χ1n) is 9.33. The lowest BCUT2D eigenvalue weighted by atomic mass is 10.2. The van der Waals surface area contributed by atoms with Crippen LogP contribution in [-0.2, 0) is 17.9 Å². The van der Waals surface area contributed by atoms with Gasteiger partial charge < -0.3 is 24.8 Å². The summed E-state index contributed by atoms with van der Waals surface area (Å²) in [4.78, 5) is 25.0. The molecule has 2 N–H and O–H groups in total. The first-order valence-corrected chi connectivity index (χ1v) is 10.1. The number of amides is 2. The van der Waals surface area contributed by atoms with Gasteiger partial charge in [-0.05, 0) is 42.0 Å². The summed E-state index contributed by atoms with van der Waals surface area (Å²) < 4.78 is 16.5. The van der Waals surface area contributed by atoms with Crippen molar-refractivity contribution < 1.29 is 23.8 Å². The number of rotatable bonds is 7. The van der Waals surface area contributed by atoms with Crippen molar-refractivity contribution in [2.75, 3.05) is 12.1 Å². The molecule has 1 aliphatic rings. The molecule has 154 valence electrons. The molecule has 0 radical (unpaired) electrons. The lowest BCUT2D eigenvalue weighted by Crippen LogP contribution is -2.18. The Labute approximate surface area is 177 Å². The highest BCUT2D eigenvalue weighted by Crippen LogP contribution is 2.35. The highest BCUT2D eigenvalue weighted by Gasteiger charge is 2.14. The number of ether oxygens (including phenoxy) is 3. The van der Waals surface area contributed by atoms with E-state index < -0.39 is 0 Å². The second-order valence-corrected chi connectivity index (χ2v) is 7.80. The highest BCUT2D eigenvalue weighted by atomic mass is 32.1. The number of nitrogens with one attached hydrogen (secondary N) is 2. The summed E-state index contributed by atoms with van der Waals surface area (Å²) in [7, 11) is 0. The molecule has 0 spiro atoms. The zero-order chi connectivity index (χ0) is 20.9. The minimum absolute atomic E-state index is 0.103. The van der Waals surface area contributed by atoms with Crippen molar-refractivity contribution in [1.29, 1.82) is 0 Å². The predicted octanol–water partition coefficient (Wildman–Crippen LogP) is 3.94. The molecule has 1 aromatic heterocycles. The average molecular weight is 424 g/mol. The van der Waals surface area contributed by atoms with Gasteiger partial charge in [-0.25, -0.2) is 0 Å². The van der Waals surface area contributed by atoms with E-state index in [0.29, 0.717) is 41.0 Å². The van der Waals surface area contributed by atoms with E-state index in [0.717, 1.165) is 10.4 Å². The Kier molecular flexibility index (Phi) is 5.85. The number of carbonyl (C=O) groups is 2. The lowest BCUT2D eigenvalue weighted by Gasteiger charge is -2.09. The van der Waals surface area contributed by atoms with Gasteiger partial charge >= 0.3 is 0 Å². The number of thiophene rings is 1. The maximum absolute atomic E-state index is 12.5. The molecule has 7 nitrogen and oxygen atoms in total. The van der Waals surface area contributed by atoms with Crippen LogP contribution in [0.15, 0.2) is 54.6 Å². The molecule has 8 heteroatoms. The minimum atomic E-state index is -0.192. The summed E-state index contributed by atoms with van der Waals surface area (Å²) in [5, 5.41) is 5.62. The maximum atomic E-state index is 12.5. The Morgan fingerprint density at radius 2 is 1.93 bits per heavy atom. The molecule has 0 unspecified atom stereocenters. The van der Waals surface area contributed by atoms with Crippen LogP contribution in [0.3, 0.4) is 0 Å². The fourth-order valence-electron chi connectivity index (χ4n) is 2.87. The van der Waals surface area contributed by atoms with Gasteiger partial charge in [-0.15, -0.1) is 11.3 Å². The van der Waals surface area contributed by atoms with Crippen molar-refractivity contribution in [2.24, 2.45) is 0 Å². The van der Waals surface area contributed by atoms with E-state index in [1.54, 1.807) is 12.1 Å². The number of hydrogen-bond donors (Lipinski definition) is 2. The molecule has 2 amide bonds. The predicted molar refractivity (Wildman–Crippen MR) is 113 cm³/mol. The number of carbonyl (C=O) groups excluding carboxylic acids is 2. The number of benzene rings is 2. The normalized spacial score (nSPS) is 11.8. The molecule has 0 saturated heterocycles. The molecule has 2 aromatic carbocycles. The second kappa shape index (κ2) is 8.87. The average Bonchev–Trinajstić information content (AvgIpc) is 3.40. The standard InChI is InChI=1S/C22H20N2O5S/c1-14(25)23-11-18-6-8-21(30-18)22(26)24-16-4-2-3-15(9-16)12-27-17-5-7-19-20(10-17)29-13-28-19/h2-10H,11-13H2,1H3,(H,23,25)(H,24,26). The fraction of sp³-hybridized carbons (Fsp3) is 0.182. The molecule has 4 rings (SSSR count). The van der Waals surface area contributed by atoms with Gasteiger partial charge in [0.2, 0.25) is 12.7 Å². The van der Waals surface area contributed by atoms with Gasteiger partial charge in [-0.3, -0.25) is 9.59 Å². The van der Waals surface area contributed by atoms with Crippen molar-refractivity contribution in [3.8, 4) is 17.2 Å². The van der Waals surface area contributed by atoms with Crippen LogP contribution in [0.2, 0.25) is 0 Å². The Morgan fingerprint density at radius 1 is 1.07 bits per heavy atom. The molecular formula is C22H20N2O5S.